The molecule has 17 heavy (non-hydrogen) atoms. The van der Waals surface area contributed by atoms with Crippen LogP contribution in [0.4, 0.5) is 4.39 Å². The van der Waals surface area contributed by atoms with Gasteiger partial charge < -0.3 is 0 Å². The lowest BCUT2D eigenvalue weighted by Gasteiger charge is -1.91. The lowest BCUT2D eigenvalue weighted by molar-refractivity contribution is 0.628. The first-order valence-corrected chi connectivity index (χ1v) is 5.36. The molecule has 0 aliphatic carbocycles. The van der Waals surface area contributed by atoms with Crippen LogP contribution in [0.1, 0.15) is 11.3 Å². The Morgan fingerprint density at radius 2 is 1.65 bits per heavy atom. The molecule has 2 rings (SSSR count). The van der Waals surface area contributed by atoms with Crippen molar-refractivity contribution >= 4 is 12.2 Å². The van der Waals surface area contributed by atoms with Crippen LogP contribution in [0.15, 0.2) is 60.8 Å². The average molecular weight is 225 g/mol. The quantitative estimate of drug-likeness (QED) is 0.721. The van der Waals surface area contributed by atoms with E-state index in [9.17, 15) is 4.39 Å². The summed E-state index contributed by atoms with van der Waals surface area (Å²) >= 11 is 0. The summed E-state index contributed by atoms with van der Waals surface area (Å²) in [6.07, 6.45) is 9.40. The minimum atomic E-state index is -0.217. The lowest BCUT2D eigenvalue weighted by Crippen LogP contribution is -1.75. The zero-order valence-corrected chi connectivity index (χ0v) is 9.25. The Bertz CT molecular complexity index is 512. The van der Waals surface area contributed by atoms with E-state index in [2.05, 4.69) is 4.98 Å². The van der Waals surface area contributed by atoms with Crippen molar-refractivity contribution in [2.75, 3.05) is 0 Å². The van der Waals surface area contributed by atoms with E-state index in [1.54, 1.807) is 18.3 Å². The average Bonchev–Trinajstić information content (AvgIpc) is 2.38. The molecule has 0 unspecified atom stereocenters. The summed E-state index contributed by atoms with van der Waals surface area (Å²) in [5.74, 6) is -0.217. The molecule has 0 atom stereocenters. The number of rotatable bonds is 3. The third-order valence-corrected chi connectivity index (χ3v) is 2.22. The lowest BCUT2D eigenvalue weighted by atomic mass is 10.2. The van der Waals surface area contributed by atoms with Gasteiger partial charge >= 0.3 is 0 Å². The SMILES string of the molecule is Fc1ccc(/C=C/C=C/c2ccccn2)cc1. The van der Waals surface area contributed by atoms with Gasteiger partial charge in [-0.05, 0) is 35.9 Å². The molecule has 0 radical (unpaired) electrons. The minimum absolute atomic E-state index is 0.217. The fourth-order valence-corrected chi connectivity index (χ4v) is 1.37. The van der Waals surface area contributed by atoms with E-state index in [1.807, 2.05) is 42.5 Å². The molecule has 0 aliphatic heterocycles. The monoisotopic (exact) mass is 225 g/mol. The molecule has 0 N–H and O–H groups in total. The standard InChI is InChI=1S/C15H12FN/c16-14-10-8-13(9-11-14)5-1-2-6-15-7-3-4-12-17-15/h1-12H/b5-1+,6-2+. The van der Waals surface area contributed by atoms with Gasteiger partial charge in [-0.3, -0.25) is 4.98 Å². The van der Waals surface area contributed by atoms with Crippen molar-refractivity contribution < 1.29 is 4.39 Å². The molecule has 2 aromatic rings. The van der Waals surface area contributed by atoms with Crippen molar-refractivity contribution in [2.45, 2.75) is 0 Å². The summed E-state index contributed by atoms with van der Waals surface area (Å²) in [6, 6.07) is 12.1. The van der Waals surface area contributed by atoms with Gasteiger partial charge in [-0.1, -0.05) is 36.4 Å². The molecule has 0 saturated carbocycles. The Morgan fingerprint density at radius 1 is 0.882 bits per heavy atom. The zero-order valence-electron chi connectivity index (χ0n) is 9.25. The van der Waals surface area contributed by atoms with E-state index in [-0.39, 0.29) is 5.82 Å². The first kappa shape index (κ1) is 11.3. The molecule has 84 valence electrons. The molecule has 0 bridgehead atoms. The van der Waals surface area contributed by atoms with Gasteiger partial charge in [0.2, 0.25) is 0 Å². The third-order valence-electron chi connectivity index (χ3n) is 2.22. The summed E-state index contributed by atoms with van der Waals surface area (Å²) in [5.41, 5.74) is 1.88. The molecule has 1 heterocycles. The summed E-state index contributed by atoms with van der Waals surface area (Å²) in [7, 11) is 0. The van der Waals surface area contributed by atoms with Crippen LogP contribution in [0.5, 0.6) is 0 Å². The van der Waals surface area contributed by atoms with E-state index in [0.29, 0.717) is 0 Å². The van der Waals surface area contributed by atoms with Crippen LogP contribution in [0.2, 0.25) is 0 Å². The molecular weight excluding hydrogens is 213 g/mol. The van der Waals surface area contributed by atoms with Crippen molar-refractivity contribution in [3.8, 4) is 0 Å². The Morgan fingerprint density at radius 3 is 2.35 bits per heavy atom. The molecule has 1 aromatic carbocycles. The van der Waals surface area contributed by atoms with Gasteiger partial charge in [-0.25, -0.2) is 4.39 Å². The Balaban J connectivity index is 1.98. The highest BCUT2D eigenvalue weighted by Crippen LogP contribution is 2.05. The molecular formula is C15H12FN. The van der Waals surface area contributed by atoms with Crippen LogP contribution >= 0.6 is 0 Å². The maximum Gasteiger partial charge on any atom is 0.123 e. The molecule has 0 amide bonds. The Hall–Kier alpha value is -2.22. The highest BCUT2D eigenvalue weighted by atomic mass is 19.1. The van der Waals surface area contributed by atoms with Crippen molar-refractivity contribution in [1.82, 2.24) is 4.98 Å². The minimum Gasteiger partial charge on any atom is -0.257 e. The molecule has 0 spiro atoms. The van der Waals surface area contributed by atoms with E-state index >= 15 is 0 Å². The second-order valence-electron chi connectivity index (χ2n) is 3.52. The number of hydrogen-bond donors (Lipinski definition) is 0. The number of pyridine rings is 1. The van der Waals surface area contributed by atoms with E-state index in [0.717, 1.165) is 11.3 Å². The summed E-state index contributed by atoms with van der Waals surface area (Å²) in [5, 5.41) is 0. The highest BCUT2D eigenvalue weighted by Gasteiger charge is 1.87. The van der Waals surface area contributed by atoms with Gasteiger partial charge in [0.05, 0.1) is 5.69 Å². The maximum absolute atomic E-state index is 12.7. The van der Waals surface area contributed by atoms with Crippen LogP contribution in [-0.4, -0.2) is 4.98 Å². The molecule has 0 saturated heterocycles. The fourth-order valence-electron chi connectivity index (χ4n) is 1.37. The molecule has 0 fully saturated rings. The van der Waals surface area contributed by atoms with Crippen LogP contribution in [0, 0.1) is 5.82 Å². The van der Waals surface area contributed by atoms with Crippen LogP contribution in [0.3, 0.4) is 0 Å². The van der Waals surface area contributed by atoms with E-state index < -0.39 is 0 Å². The predicted molar refractivity (Wildman–Crippen MR) is 68.7 cm³/mol. The predicted octanol–water partition coefficient (Wildman–Crippen LogP) is 3.95. The molecule has 0 aliphatic rings. The van der Waals surface area contributed by atoms with Gasteiger partial charge in [0.25, 0.3) is 0 Å². The number of benzene rings is 1. The van der Waals surface area contributed by atoms with Gasteiger partial charge in [-0.15, -0.1) is 0 Å². The summed E-state index contributed by atoms with van der Waals surface area (Å²) in [4.78, 5) is 4.16. The van der Waals surface area contributed by atoms with Gasteiger partial charge in [0.1, 0.15) is 5.82 Å². The number of halogens is 1. The Labute approximate surface area is 100.0 Å². The van der Waals surface area contributed by atoms with Crippen LogP contribution in [-0.2, 0) is 0 Å². The maximum atomic E-state index is 12.7. The Kier molecular flexibility index (Phi) is 3.81. The van der Waals surface area contributed by atoms with E-state index in [1.165, 1.54) is 12.1 Å². The van der Waals surface area contributed by atoms with Crippen LogP contribution in [0.25, 0.3) is 12.2 Å². The first-order chi connectivity index (χ1) is 8.34. The topological polar surface area (TPSA) is 12.9 Å². The van der Waals surface area contributed by atoms with Crippen molar-refractivity contribution in [1.29, 1.82) is 0 Å². The fraction of sp³-hybridized carbons (Fsp3) is 0. The molecule has 1 aromatic heterocycles. The van der Waals surface area contributed by atoms with Gasteiger partial charge in [0.15, 0.2) is 0 Å². The molecule has 1 nitrogen and oxygen atoms in total. The number of allylic oxidation sites excluding steroid dienone is 2. The second-order valence-corrected chi connectivity index (χ2v) is 3.52. The first-order valence-electron chi connectivity index (χ1n) is 5.36. The number of nitrogens with zero attached hydrogens (tertiary/aromatic N) is 1. The number of aromatic nitrogens is 1. The van der Waals surface area contributed by atoms with Crippen molar-refractivity contribution in [3.05, 3.63) is 77.9 Å². The largest absolute Gasteiger partial charge is 0.257 e. The van der Waals surface area contributed by atoms with E-state index in [4.69, 9.17) is 0 Å². The second kappa shape index (κ2) is 5.75. The van der Waals surface area contributed by atoms with Gasteiger partial charge in [0, 0.05) is 6.20 Å². The summed E-state index contributed by atoms with van der Waals surface area (Å²) in [6.45, 7) is 0. The van der Waals surface area contributed by atoms with Crippen molar-refractivity contribution in [2.24, 2.45) is 0 Å². The van der Waals surface area contributed by atoms with Crippen LogP contribution < -0.4 is 0 Å². The van der Waals surface area contributed by atoms with Crippen molar-refractivity contribution in [3.63, 3.8) is 0 Å². The normalized spacial score (nSPS) is 11.4. The third kappa shape index (κ3) is 3.68. The zero-order chi connectivity index (χ0) is 11.9. The highest BCUT2D eigenvalue weighted by molar-refractivity contribution is 5.55. The smallest absolute Gasteiger partial charge is 0.123 e. The van der Waals surface area contributed by atoms with Gasteiger partial charge in [-0.2, -0.15) is 0 Å². The number of hydrogen-bond acceptors (Lipinski definition) is 1. The molecule has 2 heteroatoms. The summed E-state index contributed by atoms with van der Waals surface area (Å²) < 4.78 is 12.7.